The van der Waals surface area contributed by atoms with Crippen LogP contribution in [0.2, 0.25) is 0 Å². The summed E-state index contributed by atoms with van der Waals surface area (Å²) in [5.74, 6) is -1.21. The number of nitrogens with zero attached hydrogens (tertiary/aromatic N) is 2. The van der Waals surface area contributed by atoms with Crippen molar-refractivity contribution >= 4 is 11.9 Å². The summed E-state index contributed by atoms with van der Waals surface area (Å²) in [6.45, 7) is 2.28. The maximum Gasteiger partial charge on any atom is 0.332 e. The molecular formula is C14H18N2O4. The van der Waals surface area contributed by atoms with E-state index in [-0.39, 0.29) is 5.91 Å². The zero-order chi connectivity index (χ0) is 14.7. The smallest absolute Gasteiger partial charge is 0.332 e. The third-order valence-electron chi connectivity index (χ3n) is 3.29. The predicted molar refractivity (Wildman–Crippen MR) is 71.0 cm³/mol. The van der Waals surface area contributed by atoms with Crippen molar-refractivity contribution in [2.75, 3.05) is 7.05 Å². The van der Waals surface area contributed by atoms with Gasteiger partial charge in [0.1, 0.15) is 6.10 Å². The molecule has 0 bridgehead atoms. The molecule has 1 N–H and O–H groups in total. The summed E-state index contributed by atoms with van der Waals surface area (Å²) in [5.41, 5.74) is 1.69. The Balaban J connectivity index is 1.94. The van der Waals surface area contributed by atoms with Crippen LogP contribution in [0.15, 0.2) is 18.2 Å². The number of rotatable bonds is 4. The first-order chi connectivity index (χ1) is 9.47. The van der Waals surface area contributed by atoms with Crippen LogP contribution in [0.3, 0.4) is 0 Å². The number of pyridine rings is 1. The lowest BCUT2D eigenvalue weighted by Crippen LogP contribution is -2.37. The fourth-order valence-corrected chi connectivity index (χ4v) is 2.25. The zero-order valence-electron chi connectivity index (χ0n) is 11.6. The van der Waals surface area contributed by atoms with E-state index in [9.17, 15) is 9.59 Å². The molecule has 1 aromatic heterocycles. The molecule has 0 aliphatic carbocycles. The van der Waals surface area contributed by atoms with Crippen LogP contribution >= 0.6 is 0 Å². The second kappa shape index (κ2) is 6.00. The van der Waals surface area contributed by atoms with Crippen molar-refractivity contribution in [3.8, 4) is 0 Å². The van der Waals surface area contributed by atoms with E-state index in [4.69, 9.17) is 9.84 Å². The van der Waals surface area contributed by atoms with Crippen molar-refractivity contribution in [2.24, 2.45) is 0 Å². The zero-order valence-corrected chi connectivity index (χ0v) is 11.6. The van der Waals surface area contributed by atoms with E-state index in [1.807, 2.05) is 25.1 Å². The van der Waals surface area contributed by atoms with Crippen LogP contribution in [0.5, 0.6) is 0 Å². The standard InChI is InChI=1S/C14H18N2O4/c1-9-4-3-5-10(15-9)8-16(2)13(17)11-6-7-12(20-11)14(18)19/h3-5,11-12H,6-8H2,1-2H3,(H,18,19). The molecule has 2 atom stereocenters. The van der Waals surface area contributed by atoms with Crippen LogP contribution in [0.1, 0.15) is 24.2 Å². The highest BCUT2D eigenvalue weighted by Crippen LogP contribution is 2.21. The number of carboxylic acid groups (broad SMARTS) is 1. The quantitative estimate of drug-likeness (QED) is 0.888. The molecule has 1 amide bonds. The van der Waals surface area contributed by atoms with E-state index in [0.717, 1.165) is 11.4 Å². The van der Waals surface area contributed by atoms with Gasteiger partial charge in [0, 0.05) is 12.7 Å². The van der Waals surface area contributed by atoms with Crippen LogP contribution < -0.4 is 0 Å². The number of aromatic nitrogens is 1. The molecule has 2 unspecified atom stereocenters. The highest BCUT2D eigenvalue weighted by Gasteiger charge is 2.36. The van der Waals surface area contributed by atoms with Gasteiger partial charge in [-0.1, -0.05) is 6.07 Å². The van der Waals surface area contributed by atoms with Gasteiger partial charge in [0.25, 0.3) is 5.91 Å². The molecule has 0 spiro atoms. The minimum Gasteiger partial charge on any atom is -0.479 e. The predicted octanol–water partition coefficient (Wildman–Crippen LogP) is 0.981. The van der Waals surface area contributed by atoms with Gasteiger partial charge in [-0.25, -0.2) is 4.79 Å². The number of likely N-dealkylation sites (N-methyl/N-ethyl adjacent to an activating group) is 1. The van der Waals surface area contributed by atoms with Gasteiger partial charge in [-0.15, -0.1) is 0 Å². The minimum atomic E-state index is -1.01. The van der Waals surface area contributed by atoms with Crippen LogP contribution in [-0.2, 0) is 20.9 Å². The Bertz CT molecular complexity index is 518. The number of carboxylic acids is 1. The summed E-state index contributed by atoms with van der Waals surface area (Å²) < 4.78 is 5.26. The Morgan fingerprint density at radius 2 is 2.10 bits per heavy atom. The molecule has 20 heavy (non-hydrogen) atoms. The average molecular weight is 278 g/mol. The molecule has 0 radical (unpaired) electrons. The van der Waals surface area contributed by atoms with Crippen molar-refractivity contribution in [3.05, 3.63) is 29.6 Å². The summed E-state index contributed by atoms with van der Waals surface area (Å²) in [5, 5.41) is 8.86. The number of aliphatic carboxylic acids is 1. The molecule has 1 fully saturated rings. The minimum absolute atomic E-state index is 0.197. The van der Waals surface area contributed by atoms with Crippen LogP contribution in [0, 0.1) is 6.92 Å². The molecule has 2 heterocycles. The number of hydrogen-bond acceptors (Lipinski definition) is 4. The highest BCUT2D eigenvalue weighted by molar-refractivity contribution is 5.82. The molecule has 0 aromatic carbocycles. The summed E-state index contributed by atoms with van der Waals surface area (Å²) in [7, 11) is 1.67. The van der Waals surface area contributed by atoms with E-state index >= 15 is 0 Å². The van der Waals surface area contributed by atoms with Crippen molar-refractivity contribution in [2.45, 2.75) is 38.5 Å². The number of aryl methyl sites for hydroxylation is 1. The van der Waals surface area contributed by atoms with E-state index in [2.05, 4.69) is 4.98 Å². The van der Waals surface area contributed by atoms with E-state index < -0.39 is 18.2 Å². The largest absolute Gasteiger partial charge is 0.479 e. The van der Waals surface area contributed by atoms with Crippen LogP contribution in [-0.4, -0.2) is 46.1 Å². The van der Waals surface area contributed by atoms with Gasteiger partial charge in [-0.2, -0.15) is 0 Å². The first-order valence-electron chi connectivity index (χ1n) is 6.53. The molecular weight excluding hydrogens is 260 g/mol. The number of ether oxygens (including phenoxy) is 1. The lowest BCUT2D eigenvalue weighted by Gasteiger charge is -2.20. The molecule has 6 nitrogen and oxygen atoms in total. The first-order valence-corrected chi connectivity index (χ1v) is 6.53. The molecule has 1 aromatic rings. The summed E-state index contributed by atoms with van der Waals surface area (Å²) in [6.07, 6.45) is -0.704. The first kappa shape index (κ1) is 14.5. The van der Waals surface area contributed by atoms with Gasteiger partial charge < -0.3 is 14.7 Å². The second-order valence-electron chi connectivity index (χ2n) is 4.99. The topological polar surface area (TPSA) is 79.7 Å². The molecule has 6 heteroatoms. The number of hydrogen-bond donors (Lipinski definition) is 1. The summed E-state index contributed by atoms with van der Waals surface area (Å²) in [4.78, 5) is 28.9. The molecule has 1 saturated heterocycles. The maximum atomic E-state index is 12.2. The van der Waals surface area contributed by atoms with Gasteiger partial charge in [-0.3, -0.25) is 9.78 Å². The Morgan fingerprint density at radius 3 is 2.70 bits per heavy atom. The van der Waals surface area contributed by atoms with E-state index in [1.165, 1.54) is 4.90 Å². The summed E-state index contributed by atoms with van der Waals surface area (Å²) >= 11 is 0. The van der Waals surface area contributed by atoms with Gasteiger partial charge in [0.15, 0.2) is 6.10 Å². The number of amides is 1. The Hall–Kier alpha value is -1.95. The maximum absolute atomic E-state index is 12.2. The molecule has 108 valence electrons. The number of carbonyl (C=O) groups is 2. The van der Waals surface area contributed by atoms with Crippen molar-refractivity contribution in [3.63, 3.8) is 0 Å². The third-order valence-corrected chi connectivity index (χ3v) is 3.29. The van der Waals surface area contributed by atoms with Gasteiger partial charge in [-0.05, 0) is 31.9 Å². The van der Waals surface area contributed by atoms with Crippen molar-refractivity contribution in [1.29, 1.82) is 0 Å². The Labute approximate surface area is 117 Å². The third kappa shape index (κ3) is 3.33. The monoisotopic (exact) mass is 278 g/mol. The fourth-order valence-electron chi connectivity index (χ4n) is 2.25. The lowest BCUT2D eigenvalue weighted by molar-refractivity contribution is -0.154. The molecule has 2 rings (SSSR count). The lowest BCUT2D eigenvalue weighted by atomic mass is 10.2. The molecule has 1 aliphatic heterocycles. The molecule has 0 saturated carbocycles. The van der Waals surface area contributed by atoms with Crippen molar-refractivity contribution < 1.29 is 19.4 Å². The Kier molecular flexibility index (Phi) is 4.34. The van der Waals surface area contributed by atoms with Crippen molar-refractivity contribution in [1.82, 2.24) is 9.88 Å². The van der Waals surface area contributed by atoms with Gasteiger partial charge in [0.2, 0.25) is 0 Å². The van der Waals surface area contributed by atoms with Gasteiger partial charge in [0.05, 0.1) is 12.2 Å². The average Bonchev–Trinajstić information content (AvgIpc) is 2.87. The Morgan fingerprint density at radius 1 is 1.40 bits per heavy atom. The fraction of sp³-hybridized carbons (Fsp3) is 0.500. The van der Waals surface area contributed by atoms with E-state index in [0.29, 0.717) is 19.4 Å². The van der Waals surface area contributed by atoms with Gasteiger partial charge >= 0.3 is 5.97 Å². The summed E-state index contributed by atoms with van der Waals surface area (Å²) in [6, 6.07) is 5.64. The van der Waals surface area contributed by atoms with Crippen LogP contribution in [0.25, 0.3) is 0 Å². The van der Waals surface area contributed by atoms with E-state index in [1.54, 1.807) is 7.05 Å². The highest BCUT2D eigenvalue weighted by atomic mass is 16.5. The normalized spacial score (nSPS) is 21.7. The number of carbonyl (C=O) groups excluding carboxylic acids is 1. The second-order valence-corrected chi connectivity index (χ2v) is 4.99. The van der Waals surface area contributed by atoms with Crippen LogP contribution in [0.4, 0.5) is 0 Å². The molecule has 1 aliphatic rings. The SMILES string of the molecule is Cc1cccc(CN(C)C(=O)C2CCC(C(=O)O)O2)n1.